The van der Waals surface area contributed by atoms with Gasteiger partial charge in [0, 0.05) is 17.1 Å². The lowest BCUT2D eigenvalue weighted by Crippen LogP contribution is -2.48. The molecule has 112 valence electrons. The van der Waals surface area contributed by atoms with Gasteiger partial charge in [-0.15, -0.1) is 12.6 Å². The summed E-state index contributed by atoms with van der Waals surface area (Å²) in [5.41, 5.74) is 9.78. The first-order chi connectivity index (χ1) is 9.02. The molecule has 2 rings (SSSR count). The number of nitrogens with two attached hydrogens (primary N) is 2. The van der Waals surface area contributed by atoms with Crippen molar-refractivity contribution in [1.29, 1.82) is 0 Å². The topological polar surface area (TPSA) is 116 Å². The van der Waals surface area contributed by atoms with E-state index in [4.69, 9.17) is 11.6 Å². The van der Waals surface area contributed by atoms with Crippen LogP contribution in [-0.4, -0.2) is 23.0 Å². The van der Waals surface area contributed by atoms with E-state index in [0.717, 1.165) is 23.3 Å². The van der Waals surface area contributed by atoms with E-state index in [1.54, 1.807) is 4.90 Å². The summed E-state index contributed by atoms with van der Waals surface area (Å²) >= 11 is 4.27. The van der Waals surface area contributed by atoms with Crippen LogP contribution in [0.15, 0.2) is 23.1 Å². The lowest BCUT2D eigenvalue weighted by atomic mass is 9.90. The third-order valence-electron chi connectivity index (χ3n) is 3.64. The molecule has 0 radical (unpaired) electrons. The van der Waals surface area contributed by atoms with Crippen molar-refractivity contribution in [2.45, 2.75) is 30.7 Å². The summed E-state index contributed by atoms with van der Waals surface area (Å²) < 4.78 is 0. The van der Waals surface area contributed by atoms with Crippen molar-refractivity contribution in [3.63, 3.8) is 0 Å². The molecule has 1 heterocycles. The summed E-state index contributed by atoms with van der Waals surface area (Å²) in [7, 11) is 0. The number of nitrogens with zero attached hydrogens (tertiary/aromatic N) is 1. The molecule has 0 aliphatic carbocycles. The number of piperidine rings is 1. The average molecular weight is 298 g/mol. The minimum atomic E-state index is -0.245. The molecule has 0 aromatic heterocycles. The molecule has 0 saturated carbocycles. The number of urea groups is 1. The summed E-state index contributed by atoms with van der Waals surface area (Å²) in [4.78, 5) is 14.4. The molecule has 0 bridgehead atoms. The normalized spacial score (nSPS) is 22.1. The SMILES string of the molecule is CC1CCC(c2ccc(S)c(N)c2)N(C(=O)NN)C1.O. The Kier molecular flexibility index (Phi) is 5.67. The zero-order valence-corrected chi connectivity index (χ0v) is 12.4. The van der Waals surface area contributed by atoms with E-state index in [0.29, 0.717) is 18.2 Å². The molecule has 1 saturated heterocycles. The molecule has 6 nitrogen and oxygen atoms in total. The van der Waals surface area contributed by atoms with Gasteiger partial charge in [0.25, 0.3) is 0 Å². The molecule has 20 heavy (non-hydrogen) atoms. The number of carbonyl (C=O) groups excluding carboxylic acids is 1. The van der Waals surface area contributed by atoms with Gasteiger partial charge in [0.2, 0.25) is 0 Å². The number of thiol groups is 1. The Morgan fingerprint density at radius 3 is 2.75 bits per heavy atom. The highest BCUT2D eigenvalue weighted by molar-refractivity contribution is 7.80. The number of benzene rings is 1. The van der Waals surface area contributed by atoms with Crippen LogP contribution in [0.3, 0.4) is 0 Å². The lowest BCUT2D eigenvalue weighted by Gasteiger charge is -2.38. The first-order valence-corrected chi connectivity index (χ1v) is 6.83. The molecule has 2 amide bonds. The van der Waals surface area contributed by atoms with Gasteiger partial charge in [-0.1, -0.05) is 13.0 Å². The number of likely N-dealkylation sites (tertiary alicyclic amines) is 1. The van der Waals surface area contributed by atoms with E-state index < -0.39 is 0 Å². The van der Waals surface area contributed by atoms with Crippen molar-refractivity contribution < 1.29 is 10.3 Å². The summed E-state index contributed by atoms with van der Waals surface area (Å²) in [6.07, 6.45) is 2.00. The molecule has 2 atom stereocenters. The van der Waals surface area contributed by atoms with Crippen LogP contribution >= 0.6 is 12.6 Å². The van der Waals surface area contributed by atoms with Crippen molar-refractivity contribution in [1.82, 2.24) is 10.3 Å². The predicted octanol–water partition coefficient (Wildman–Crippen LogP) is 1.09. The quantitative estimate of drug-likeness (QED) is 0.204. The van der Waals surface area contributed by atoms with Gasteiger partial charge in [-0.25, -0.2) is 10.6 Å². The summed E-state index contributed by atoms with van der Waals surface area (Å²) in [6.45, 7) is 2.84. The molecule has 1 aliphatic heterocycles. The Balaban J connectivity index is 0.00000200. The van der Waals surface area contributed by atoms with Crippen LogP contribution in [0.5, 0.6) is 0 Å². The molecule has 1 aromatic carbocycles. The molecule has 1 fully saturated rings. The standard InChI is InChI=1S/C13H20N4OS.H2O/c1-8-2-4-11(17(7-8)13(18)16-15)9-3-5-12(19)10(14)6-9;/h3,5-6,8,11,19H,2,4,7,14-15H2,1H3,(H,16,18);1H2. The molecular weight excluding hydrogens is 276 g/mol. The third kappa shape index (κ3) is 3.36. The van der Waals surface area contributed by atoms with Gasteiger partial charge < -0.3 is 16.1 Å². The molecular formula is C13H22N4O2S. The molecule has 7 N–H and O–H groups in total. The van der Waals surface area contributed by atoms with Gasteiger partial charge in [-0.05, 0) is 36.5 Å². The van der Waals surface area contributed by atoms with Gasteiger partial charge >= 0.3 is 6.03 Å². The summed E-state index contributed by atoms with van der Waals surface area (Å²) in [6, 6.07) is 5.50. The Bertz CT molecular complexity index is 483. The number of hydrogen-bond acceptors (Lipinski definition) is 4. The second-order valence-electron chi connectivity index (χ2n) is 5.12. The molecule has 1 aromatic rings. The highest BCUT2D eigenvalue weighted by Gasteiger charge is 2.30. The Morgan fingerprint density at radius 2 is 2.15 bits per heavy atom. The van der Waals surface area contributed by atoms with Crippen molar-refractivity contribution in [3.8, 4) is 0 Å². The number of carbonyl (C=O) groups is 1. The molecule has 0 spiro atoms. The van der Waals surface area contributed by atoms with Crippen molar-refractivity contribution in [2.75, 3.05) is 12.3 Å². The summed E-state index contributed by atoms with van der Waals surface area (Å²) in [5, 5.41) is 0. The number of nitrogen functional groups attached to an aromatic ring is 1. The van der Waals surface area contributed by atoms with E-state index in [2.05, 4.69) is 25.0 Å². The Morgan fingerprint density at radius 1 is 1.45 bits per heavy atom. The lowest BCUT2D eigenvalue weighted by molar-refractivity contribution is 0.129. The second kappa shape index (κ2) is 6.83. The highest BCUT2D eigenvalue weighted by atomic mass is 32.1. The van der Waals surface area contributed by atoms with Crippen LogP contribution < -0.4 is 17.0 Å². The minimum Gasteiger partial charge on any atom is -0.412 e. The summed E-state index contributed by atoms with van der Waals surface area (Å²) in [5.74, 6) is 5.75. The monoisotopic (exact) mass is 298 g/mol. The van der Waals surface area contributed by atoms with E-state index >= 15 is 0 Å². The van der Waals surface area contributed by atoms with E-state index in [-0.39, 0.29) is 17.5 Å². The highest BCUT2D eigenvalue weighted by Crippen LogP contribution is 2.34. The van der Waals surface area contributed by atoms with E-state index in [1.807, 2.05) is 18.2 Å². The zero-order valence-electron chi connectivity index (χ0n) is 11.5. The number of hydrogen-bond donors (Lipinski definition) is 4. The van der Waals surface area contributed by atoms with Gasteiger partial charge in [0.15, 0.2) is 0 Å². The first-order valence-electron chi connectivity index (χ1n) is 6.38. The number of nitrogens with one attached hydrogen (secondary N) is 1. The van der Waals surface area contributed by atoms with Crippen LogP contribution in [0.4, 0.5) is 10.5 Å². The Labute approximate surface area is 124 Å². The smallest absolute Gasteiger partial charge is 0.332 e. The second-order valence-corrected chi connectivity index (χ2v) is 5.60. The molecule has 7 heteroatoms. The largest absolute Gasteiger partial charge is 0.412 e. The third-order valence-corrected chi connectivity index (χ3v) is 4.05. The maximum atomic E-state index is 11.9. The van der Waals surface area contributed by atoms with Crippen LogP contribution in [0.1, 0.15) is 31.4 Å². The van der Waals surface area contributed by atoms with Crippen LogP contribution in [0.2, 0.25) is 0 Å². The van der Waals surface area contributed by atoms with Gasteiger partial charge in [-0.3, -0.25) is 5.43 Å². The first kappa shape index (κ1) is 16.6. The van der Waals surface area contributed by atoms with E-state index in [1.165, 1.54) is 0 Å². The van der Waals surface area contributed by atoms with E-state index in [9.17, 15) is 4.79 Å². The Hall–Kier alpha value is -1.44. The van der Waals surface area contributed by atoms with Crippen LogP contribution in [0, 0.1) is 5.92 Å². The molecule has 1 aliphatic rings. The minimum absolute atomic E-state index is 0. The van der Waals surface area contributed by atoms with Crippen LogP contribution in [0.25, 0.3) is 0 Å². The number of amides is 2. The maximum absolute atomic E-state index is 11.9. The predicted molar refractivity (Wildman–Crippen MR) is 82.3 cm³/mol. The number of anilines is 1. The average Bonchev–Trinajstić information content (AvgIpc) is 2.41. The number of rotatable bonds is 1. The zero-order chi connectivity index (χ0) is 14.0. The fourth-order valence-corrected chi connectivity index (χ4v) is 2.73. The fraction of sp³-hybridized carbons (Fsp3) is 0.462. The van der Waals surface area contributed by atoms with Crippen molar-refractivity contribution in [3.05, 3.63) is 23.8 Å². The van der Waals surface area contributed by atoms with Crippen molar-refractivity contribution >= 4 is 24.3 Å². The van der Waals surface area contributed by atoms with Crippen LogP contribution in [-0.2, 0) is 0 Å². The molecule has 2 unspecified atom stereocenters. The maximum Gasteiger partial charge on any atom is 0.332 e. The van der Waals surface area contributed by atoms with Gasteiger partial charge in [-0.2, -0.15) is 0 Å². The van der Waals surface area contributed by atoms with Crippen molar-refractivity contribution in [2.24, 2.45) is 11.8 Å². The van der Waals surface area contributed by atoms with Gasteiger partial charge in [0.1, 0.15) is 0 Å². The van der Waals surface area contributed by atoms with Gasteiger partial charge in [0.05, 0.1) is 6.04 Å². The number of hydrazine groups is 1. The fourth-order valence-electron chi connectivity index (χ4n) is 2.59.